The monoisotopic (exact) mass is 397 g/mol. The van der Waals surface area contributed by atoms with Crippen LogP contribution in [0.15, 0.2) is 71.9 Å². The third kappa shape index (κ3) is 3.18. The summed E-state index contributed by atoms with van der Waals surface area (Å²) in [5.41, 5.74) is 5.64. The van der Waals surface area contributed by atoms with Crippen LogP contribution in [0.25, 0.3) is 11.1 Å². The second-order valence-corrected chi connectivity index (χ2v) is 7.65. The zero-order valence-electron chi connectivity index (χ0n) is 16.2. The van der Waals surface area contributed by atoms with E-state index in [-0.39, 0.29) is 36.3 Å². The Kier molecular flexibility index (Phi) is 4.43. The first kappa shape index (κ1) is 18.3. The Morgan fingerprint density at radius 3 is 2.50 bits per heavy atom. The van der Waals surface area contributed by atoms with Crippen LogP contribution >= 0.6 is 0 Å². The lowest BCUT2D eigenvalue weighted by Gasteiger charge is -2.10. The van der Waals surface area contributed by atoms with Crippen molar-refractivity contribution < 1.29 is 19.5 Å². The van der Waals surface area contributed by atoms with Gasteiger partial charge in [0, 0.05) is 30.4 Å². The van der Waals surface area contributed by atoms with Gasteiger partial charge in [-0.3, -0.25) is 9.59 Å². The lowest BCUT2D eigenvalue weighted by Crippen LogP contribution is -2.16. The molecule has 30 heavy (non-hydrogen) atoms. The summed E-state index contributed by atoms with van der Waals surface area (Å²) in [5.74, 6) is 0.258. The van der Waals surface area contributed by atoms with E-state index < -0.39 is 0 Å². The fraction of sp³-hybridized carbons (Fsp3) is 0.160. The molecule has 0 bridgehead atoms. The molecule has 0 saturated heterocycles. The summed E-state index contributed by atoms with van der Waals surface area (Å²) >= 11 is 0. The molecule has 0 saturated carbocycles. The molecule has 1 aliphatic heterocycles. The molecule has 0 fully saturated rings. The van der Waals surface area contributed by atoms with E-state index in [9.17, 15) is 14.7 Å². The number of hydrogen-bond donors (Lipinski definition) is 1. The number of benzene rings is 3. The van der Waals surface area contributed by atoms with Crippen LogP contribution in [0, 0.1) is 0 Å². The number of carbonyl (C=O) groups excluding carboxylic acids is 2. The Labute approximate surface area is 173 Å². The molecule has 1 atom stereocenters. The minimum Gasteiger partial charge on any atom is -0.508 e. The third-order valence-electron chi connectivity index (χ3n) is 5.61. The minimum atomic E-state index is -0.299. The highest BCUT2D eigenvalue weighted by atomic mass is 16.6. The van der Waals surface area contributed by atoms with Crippen molar-refractivity contribution in [3.05, 3.63) is 89.0 Å². The van der Waals surface area contributed by atoms with Crippen molar-refractivity contribution in [2.45, 2.75) is 25.4 Å². The van der Waals surface area contributed by atoms with Gasteiger partial charge < -0.3 is 9.94 Å². The van der Waals surface area contributed by atoms with Gasteiger partial charge in [-0.05, 0) is 46.5 Å². The van der Waals surface area contributed by atoms with Crippen LogP contribution in [-0.4, -0.2) is 28.5 Å². The quantitative estimate of drug-likeness (QED) is 0.545. The van der Waals surface area contributed by atoms with E-state index >= 15 is 0 Å². The van der Waals surface area contributed by atoms with E-state index in [4.69, 9.17) is 4.84 Å². The summed E-state index contributed by atoms with van der Waals surface area (Å²) in [6.07, 6.45) is 0.751. The van der Waals surface area contributed by atoms with Gasteiger partial charge in [0.05, 0.1) is 5.71 Å². The predicted octanol–water partition coefficient (Wildman–Crippen LogP) is 4.30. The summed E-state index contributed by atoms with van der Waals surface area (Å²) in [7, 11) is 0. The second kappa shape index (κ2) is 7.26. The Morgan fingerprint density at radius 2 is 1.70 bits per heavy atom. The summed E-state index contributed by atoms with van der Waals surface area (Å²) in [4.78, 5) is 30.9. The van der Waals surface area contributed by atoms with Gasteiger partial charge in [0.15, 0.2) is 5.78 Å². The molecule has 5 rings (SSSR count). The number of aromatic hydroxyl groups is 1. The van der Waals surface area contributed by atoms with Gasteiger partial charge >= 0.3 is 0 Å². The third-order valence-corrected chi connectivity index (χ3v) is 5.61. The van der Waals surface area contributed by atoms with Crippen LogP contribution in [0.3, 0.4) is 0 Å². The lowest BCUT2D eigenvalue weighted by molar-refractivity contribution is -0.120. The van der Waals surface area contributed by atoms with Gasteiger partial charge in [-0.25, -0.2) is 0 Å². The van der Waals surface area contributed by atoms with E-state index in [1.807, 2.05) is 42.5 Å². The number of phenols is 1. The maximum absolute atomic E-state index is 12.8. The lowest BCUT2D eigenvalue weighted by atomic mass is 9.94. The molecule has 148 valence electrons. The average molecular weight is 397 g/mol. The van der Waals surface area contributed by atoms with E-state index in [1.165, 1.54) is 0 Å². The predicted molar refractivity (Wildman–Crippen MR) is 113 cm³/mol. The Hall–Kier alpha value is -3.73. The molecule has 5 nitrogen and oxygen atoms in total. The number of carbonyl (C=O) groups is 2. The fourth-order valence-electron chi connectivity index (χ4n) is 4.20. The second-order valence-electron chi connectivity index (χ2n) is 7.65. The van der Waals surface area contributed by atoms with Crippen molar-refractivity contribution in [2.75, 3.05) is 0 Å². The zero-order valence-corrected chi connectivity index (χ0v) is 16.2. The van der Waals surface area contributed by atoms with Gasteiger partial charge in [0.2, 0.25) is 0 Å². The fourth-order valence-corrected chi connectivity index (χ4v) is 4.20. The van der Waals surface area contributed by atoms with Crippen molar-refractivity contribution >= 4 is 17.3 Å². The minimum absolute atomic E-state index is 0.0148. The molecular weight excluding hydrogens is 378 g/mol. The molecule has 3 aromatic rings. The van der Waals surface area contributed by atoms with E-state index in [0.29, 0.717) is 17.5 Å². The molecule has 1 aliphatic carbocycles. The van der Waals surface area contributed by atoms with Gasteiger partial charge in [-0.2, -0.15) is 0 Å². The molecule has 1 N–H and O–H groups in total. The van der Waals surface area contributed by atoms with Crippen molar-refractivity contribution in [3.8, 4) is 16.9 Å². The van der Waals surface area contributed by atoms with Gasteiger partial charge in [-0.15, -0.1) is 0 Å². The molecule has 3 aromatic carbocycles. The first-order valence-corrected chi connectivity index (χ1v) is 9.90. The Morgan fingerprint density at radius 1 is 0.967 bits per heavy atom. The standard InChI is InChI=1S/C25H19NO4/c27-17-10-8-15(9-11-17)23-14-19(30-26-23)13-18(28)12-16-4-3-7-22-24(16)20-5-1-2-6-21(20)25(22)29/h1-11,19,27H,12-14H2. The van der Waals surface area contributed by atoms with Crippen molar-refractivity contribution in [3.63, 3.8) is 0 Å². The van der Waals surface area contributed by atoms with E-state index in [2.05, 4.69) is 5.16 Å². The maximum Gasteiger partial charge on any atom is 0.194 e. The normalized spacial score (nSPS) is 16.6. The topological polar surface area (TPSA) is 76.0 Å². The van der Waals surface area contributed by atoms with Gasteiger partial charge in [0.1, 0.15) is 17.6 Å². The first-order valence-electron chi connectivity index (χ1n) is 9.90. The zero-order chi connectivity index (χ0) is 20.7. The van der Waals surface area contributed by atoms with Crippen molar-refractivity contribution in [2.24, 2.45) is 5.16 Å². The average Bonchev–Trinajstić information content (AvgIpc) is 3.33. The number of ketones is 2. The van der Waals surface area contributed by atoms with E-state index in [0.717, 1.165) is 28.0 Å². The van der Waals surface area contributed by atoms with Crippen LogP contribution in [0.5, 0.6) is 5.75 Å². The molecule has 1 heterocycles. The van der Waals surface area contributed by atoms with Crippen molar-refractivity contribution in [1.82, 2.24) is 0 Å². The highest BCUT2D eigenvalue weighted by molar-refractivity contribution is 6.22. The first-order chi connectivity index (χ1) is 14.6. The molecule has 5 heteroatoms. The molecule has 0 spiro atoms. The SMILES string of the molecule is O=C(Cc1cccc2c1-c1ccccc1C2=O)CC1CC(c2ccc(O)cc2)=NO1. The number of hydrogen-bond acceptors (Lipinski definition) is 5. The van der Waals surface area contributed by atoms with Gasteiger partial charge in [-0.1, -0.05) is 47.6 Å². The largest absolute Gasteiger partial charge is 0.508 e. The molecule has 0 amide bonds. The van der Waals surface area contributed by atoms with Crippen LogP contribution in [0.4, 0.5) is 0 Å². The van der Waals surface area contributed by atoms with Crippen LogP contribution in [0.1, 0.15) is 39.9 Å². The van der Waals surface area contributed by atoms with Crippen LogP contribution in [-0.2, 0) is 16.1 Å². The van der Waals surface area contributed by atoms with Crippen molar-refractivity contribution in [1.29, 1.82) is 0 Å². The Balaban J connectivity index is 1.29. The summed E-state index contributed by atoms with van der Waals surface area (Å²) < 4.78 is 0. The number of nitrogens with zero attached hydrogens (tertiary/aromatic N) is 1. The highest BCUT2D eigenvalue weighted by Gasteiger charge is 2.30. The smallest absolute Gasteiger partial charge is 0.194 e. The summed E-state index contributed by atoms with van der Waals surface area (Å²) in [6.45, 7) is 0. The highest BCUT2D eigenvalue weighted by Crippen LogP contribution is 2.39. The molecule has 0 aromatic heterocycles. The number of rotatable bonds is 5. The van der Waals surface area contributed by atoms with Gasteiger partial charge in [0.25, 0.3) is 0 Å². The number of oxime groups is 1. The number of fused-ring (bicyclic) bond motifs is 3. The summed E-state index contributed by atoms with van der Waals surface area (Å²) in [5, 5.41) is 13.5. The number of phenolic OH excluding ortho intramolecular Hbond substituents is 1. The van der Waals surface area contributed by atoms with E-state index in [1.54, 1.807) is 24.3 Å². The molecule has 2 aliphatic rings. The number of Topliss-reactive ketones (excluding diaryl/α,β-unsaturated/α-hetero) is 1. The Bertz CT molecular complexity index is 1190. The molecule has 0 radical (unpaired) electrons. The maximum atomic E-state index is 12.8. The molecular formula is C25H19NO4. The van der Waals surface area contributed by atoms with Crippen LogP contribution in [0.2, 0.25) is 0 Å². The summed E-state index contributed by atoms with van der Waals surface area (Å²) in [6, 6.07) is 19.9. The van der Waals surface area contributed by atoms with Crippen LogP contribution < -0.4 is 0 Å². The molecule has 1 unspecified atom stereocenters.